The molecule has 11 heavy (non-hydrogen) atoms. The molecular weight excluding hydrogens is 132 g/mol. The van der Waals surface area contributed by atoms with Crippen molar-refractivity contribution in [1.29, 1.82) is 0 Å². The summed E-state index contributed by atoms with van der Waals surface area (Å²) in [6, 6.07) is 0. The zero-order valence-electron chi connectivity index (χ0n) is 7.39. The van der Waals surface area contributed by atoms with Crippen LogP contribution in [0.2, 0.25) is 0 Å². The summed E-state index contributed by atoms with van der Waals surface area (Å²) in [5, 5.41) is 0. The molecule has 0 aliphatic rings. The van der Waals surface area contributed by atoms with Crippen molar-refractivity contribution in [2.45, 2.75) is 38.5 Å². The minimum Gasteiger partial charge on any atom is -0.0991 e. The van der Waals surface area contributed by atoms with E-state index in [0.29, 0.717) is 0 Å². The lowest BCUT2D eigenvalue weighted by molar-refractivity contribution is 0.651. The maximum absolute atomic E-state index is 3.81. The zero-order valence-corrected chi connectivity index (χ0v) is 7.39. The molecule has 0 nitrogen and oxygen atoms in total. The Bertz CT molecular complexity index is 101. The highest BCUT2D eigenvalue weighted by Gasteiger charge is 1.85. The maximum Gasteiger partial charge on any atom is -0.0348 e. The van der Waals surface area contributed by atoms with E-state index < -0.39 is 0 Å². The minimum atomic E-state index is 1.09. The van der Waals surface area contributed by atoms with Crippen LogP contribution in [0.25, 0.3) is 0 Å². The van der Waals surface area contributed by atoms with Crippen molar-refractivity contribution in [1.82, 2.24) is 0 Å². The Morgan fingerprint density at radius 1 is 1.00 bits per heavy atom. The number of allylic oxidation sites excluding steroid dienone is 3. The number of rotatable bonds is 7. The Hall–Kier alpha value is -0.520. The van der Waals surface area contributed by atoms with Crippen molar-refractivity contribution < 1.29 is 0 Å². The topological polar surface area (TPSA) is 0 Å². The molecule has 0 saturated heterocycles. The second-order valence-corrected chi connectivity index (χ2v) is 2.72. The van der Waals surface area contributed by atoms with Crippen LogP contribution in [0.15, 0.2) is 24.8 Å². The molecule has 0 aliphatic carbocycles. The Morgan fingerprint density at radius 3 is 2.36 bits per heavy atom. The molecule has 0 bridgehead atoms. The molecule has 0 aromatic carbocycles. The average molecular weight is 151 g/mol. The normalized spacial score (nSPS) is 10.6. The Kier molecular flexibility index (Phi) is 9.03. The van der Waals surface area contributed by atoms with E-state index >= 15 is 0 Å². The lowest BCUT2D eigenvalue weighted by Gasteiger charge is -1.95. The number of hydrogen-bond donors (Lipinski definition) is 0. The second kappa shape index (κ2) is 9.48. The van der Waals surface area contributed by atoms with E-state index in [1.807, 2.05) is 12.2 Å². The summed E-state index contributed by atoms with van der Waals surface area (Å²) < 4.78 is 0. The van der Waals surface area contributed by atoms with Gasteiger partial charge in [0.25, 0.3) is 0 Å². The molecule has 0 heterocycles. The lowest BCUT2D eigenvalue weighted by Crippen LogP contribution is -1.75. The highest BCUT2D eigenvalue weighted by molar-refractivity contribution is 4.96. The molecule has 0 atom stereocenters. The summed E-state index contributed by atoms with van der Waals surface area (Å²) in [6.45, 7) is 7.42. The summed E-state index contributed by atoms with van der Waals surface area (Å²) in [5.74, 6) is 0. The van der Waals surface area contributed by atoms with Crippen molar-refractivity contribution in [3.8, 4) is 0 Å². The third-order valence-electron chi connectivity index (χ3n) is 1.64. The first kappa shape index (κ1) is 10.5. The fourth-order valence-electron chi connectivity index (χ4n) is 0.985. The Labute approximate surface area is 71.0 Å². The predicted octanol–water partition coefficient (Wildman–Crippen LogP) is 3.90. The van der Waals surface area contributed by atoms with E-state index in [1.165, 1.54) is 32.1 Å². The molecule has 0 unspecified atom stereocenters. The fraction of sp³-hybridized carbons (Fsp3) is 0.545. The smallest absolute Gasteiger partial charge is 0.0348 e. The highest BCUT2D eigenvalue weighted by Crippen LogP contribution is 2.04. The van der Waals surface area contributed by atoms with Gasteiger partial charge in [0.1, 0.15) is 0 Å². The van der Waals surface area contributed by atoms with E-state index in [-0.39, 0.29) is 0 Å². The van der Waals surface area contributed by atoms with Gasteiger partial charge in [-0.1, -0.05) is 57.4 Å². The first-order chi connectivity index (χ1) is 5.41. The largest absolute Gasteiger partial charge is 0.0991 e. The second-order valence-electron chi connectivity index (χ2n) is 2.72. The molecule has 0 N–H and O–H groups in total. The molecule has 0 rings (SSSR count). The van der Waals surface area contributed by atoms with Crippen LogP contribution in [0.3, 0.4) is 0 Å². The van der Waals surface area contributed by atoms with Gasteiger partial charge < -0.3 is 0 Å². The van der Waals surface area contributed by atoms with Gasteiger partial charge in [0.05, 0.1) is 0 Å². The molecule has 0 amide bonds. The standard InChI is InChI=1S/C11H19/c1-3-5-7-9-11-10-8-6-4-2/h3,5,7H,1-2,4,6,8-11H2. The summed E-state index contributed by atoms with van der Waals surface area (Å²) in [4.78, 5) is 0. The predicted molar refractivity (Wildman–Crippen MR) is 52.4 cm³/mol. The van der Waals surface area contributed by atoms with Crippen LogP contribution in [-0.4, -0.2) is 0 Å². The Balaban J connectivity index is 2.90. The fourth-order valence-corrected chi connectivity index (χ4v) is 0.985. The molecule has 63 valence electrons. The third kappa shape index (κ3) is 9.48. The molecule has 0 aromatic heterocycles. The molecule has 0 aliphatic heterocycles. The van der Waals surface area contributed by atoms with Crippen LogP contribution in [0.5, 0.6) is 0 Å². The van der Waals surface area contributed by atoms with E-state index in [9.17, 15) is 0 Å². The summed E-state index contributed by atoms with van der Waals surface area (Å²) >= 11 is 0. The van der Waals surface area contributed by atoms with Crippen LogP contribution in [0.4, 0.5) is 0 Å². The van der Waals surface area contributed by atoms with Gasteiger partial charge in [-0.2, -0.15) is 0 Å². The quantitative estimate of drug-likeness (QED) is 0.382. The molecule has 0 spiro atoms. The molecular formula is C11H19. The first-order valence-electron chi connectivity index (χ1n) is 4.48. The van der Waals surface area contributed by atoms with E-state index in [0.717, 1.165) is 6.42 Å². The van der Waals surface area contributed by atoms with Gasteiger partial charge in [-0.25, -0.2) is 0 Å². The number of unbranched alkanes of at least 4 members (excludes halogenated alkanes) is 5. The number of hydrogen-bond acceptors (Lipinski definition) is 0. The maximum atomic E-state index is 3.81. The van der Waals surface area contributed by atoms with Crippen LogP contribution in [0, 0.1) is 6.92 Å². The van der Waals surface area contributed by atoms with Gasteiger partial charge in [0.15, 0.2) is 0 Å². The molecule has 0 saturated carbocycles. The monoisotopic (exact) mass is 151 g/mol. The van der Waals surface area contributed by atoms with Crippen molar-refractivity contribution >= 4 is 0 Å². The first-order valence-corrected chi connectivity index (χ1v) is 4.48. The minimum absolute atomic E-state index is 1.09. The van der Waals surface area contributed by atoms with Crippen molar-refractivity contribution in [3.05, 3.63) is 31.7 Å². The van der Waals surface area contributed by atoms with Crippen LogP contribution < -0.4 is 0 Å². The lowest BCUT2D eigenvalue weighted by atomic mass is 10.1. The van der Waals surface area contributed by atoms with E-state index in [4.69, 9.17) is 0 Å². The van der Waals surface area contributed by atoms with Gasteiger partial charge in [0.2, 0.25) is 0 Å². The zero-order chi connectivity index (χ0) is 8.36. The molecule has 0 aromatic rings. The summed E-state index contributed by atoms with van der Waals surface area (Å²) in [5.41, 5.74) is 0. The summed E-state index contributed by atoms with van der Waals surface area (Å²) in [6.07, 6.45) is 13.6. The van der Waals surface area contributed by atoms with Gasteiger partial charge >= 0.3 is 0 Å². The van der Waals surface area contributed by atoms with Crippen LogP contribution >= 0.6 is 0 Å². The van der Waals surface area contributed by atoms with Crippen LogP contribution in [0.1, 0.15) is 38.5 Å². The van der Waals surface area contributed by atoms with Gasteiger partial charge in [-0.05, 0) is 12.8 Å². The van der Waals surface area contributed by atoms with Gasteiger partial charge in [0, 0.05) is 0 Å². The van der Waals surface area contributed by atoms with Gasteiger partial charge in [-0.15, -0.1) is 0 Å². The van der Waals surface area contributed by atoms with Gasteiger partial charge in [-0.3, -0.25) is 0 Å². The molecule has 0 heteroatoms. The Morgan fingerprint density at radius 2 is 1.73 bits per heavy atom. The van der Waals surface area contributed by atoms with Crippen molar-refractivity contribution in [3.63, 3.8) is 0 Å². The average Bonchev–Trinajstić information content (AvgIpc) is 2.03. The summed E-state index contributed by atoms with van der Waals surface area (Å²) in [7, 11) is 0. The SMILES string of the molecule is [CH2]CCCCCCC=CC=C. The van der Waals surface area contributed by atoms with Crippen LogP contribution in [-0.2, 0) is 0 Å². The molecule has 0 fully saturated rings. The third-order valence-corrected chi connectivity index (χ3v) is 1.64. The van der Waals surface area contributed by atoms with Crippen molar-refractivity contribution in [2.75, 3.05) is 0 Å². The van der Waals surface area contributed by atoms with E-state index in [1.54, 1.807) is 0 Å². The molecule has 1 radical (unpaired) electrons. The van der Waals surface area contributed by atoms with E-state index in [2.05, 4.69) is 19.6 Å². The highest BCUT2D eigenvalue weighted by atomic mass is 13.9. The van der Waals surface area contributed by atoms with Crippen molar-refractivity contribution in [2.24, 2.45) is 0 Å².